The van der Waals surface area contributed by atoms with Crippen molar-refractivity contribution >= 4 is 43.8 Å². The van der Waals surface area contributed by atoms with E-state index >= 15 is 0 Å². The number of nitrogens with two attached hydrogens (primary N) is 1. The van der Waals surface area contributed by atoms with Crippen LogP contribution >= 0.6 is 15.9 Å². The molecule has 0 aliphatic carbocycles. The number of aromatic nitrogens is 3. The van der Waals surface area contributed by atoms with E-state index < -0.39 is 10.4 Å². The molecule has 1 atom stereocenters. The molecule has 166 valence electrons. The van der Waals surface area contributed by atoms with Gasteiger partial charge in [-0.1, -0.05) is 30.3 Å². The molecule has 1 saturated heterocycles. The Hall–Kier alpha value is -2.74. The third-order valence-electron chi connectivity index (χ3n) is 4.56. The third-order valence-corrected chi connectivity index (χ3v) is 5.11. The van der Waals surface area contributed by atoms with Crippen LogP contribution in [0.15, 0.2) is 47.3 Å². The Balaban J connectivity index is 0.000000491. The Labute approximate surface area is 186 Å². The minimum Gasteiger partial charge on any atom is -0.445 e. The summed E-state index contributed by atoms with van der Waals surface area (Å²) in [4.78, 5) is 23.1. The predicted octanol–water partition coefficient (Wildman–Crippen LogP) is 2.89. The molecule has 2 aromatic heterocycles. The molecule has 1 amide bonds. The summed E-state index contributed by atoms with van der Waals surface area (Å²) in [5.41, 5.74) is 7.65. The first kappa shape index (κ1) is 22.9. The van der Waals surface area contributed by atoms with Gasteiger partial charge >= 0.3 is 16.5 Å². The van der Waals surface area contributed by atoms with Crippen LogP contribution in [0, 0.1) is 0 Å². The van der Waals surface area contributed by atoms with E-state index in [9.17, 15) is 4.79 Å². The van der Waals surface area contributed by atoms with Crippen LogP contribution in [0.1, 0.15) is 30.3 Å². The zero-order valence-corrected chi connectivity index (χ0v) is 18.5. The first-order valence-corrected chi connectivity index (χ1v) is 11.3. The van der Waals surface area contributed by atoms with E-state index in [0.717, 1.165) is 24.2 Å². The van der Waals surface area contributed by atoms with Gasteiger partial charge in [0.2, 0.25) is 0 Å². The van der Waals surface area contributed by atoms with Crippen molar-refractivity contribution in [2.24, 2.45) is 0 Å². The summed E-state index contributed by atoms with van der Waals surface area (Å²) >= 11 is 3.45. The lowest BCUT2D eigenvalue weighted by molar-refractivity contribution is 0.0907. The lowest BCUT2D eigenvalue weighted by atomic mass is 10.2. The van der Waals surface area contributed by atoms with Crippen molar-refractivity contribution in [3.63, 3.8) is 0 Å². The number of amides is 1. The first-order chi connectivity index (χ1) is 14.6. The highest BCUT2D eigenvalue weighted by molar-refractivity contribution is 9.10. The van der Waals surface area contributed by atoms with Crippen LogP contribution < -0.4 is 5.73 Å². The summed E-state index contributed by atoms with van der Waals surface area (Å²) < 4.78 is 39.6. The van der Waals surface area contributed by atoms with Crippen LogP contribution in [-0.2, 0) is 21.7 Å². The van der Waals surface area contributed by atoms with Gasteiger partial charge in [0.15, 0.2) is 5.82 Å². The standard InChI is InChI=1S/C18H18BrN5O2.H2O4S/c19-15-14-16(20)21-8-10-24(14)17(22-15)13-7-4-9-23(13)18(25)26-11-12-5-2-1-3-6-12;1-5(2,3)4/h1-3,5-6,8,10,13H,4,7,9,11H2,(H2,20,21);(H2,1,2,3,4)/t13-;/m0./s1. The maximum absolute atomic E-state index is 12.6. The molecule has 1 aliphatic rings. The molecule has 3 aromatic rings. The van der Waals surface area contributed by atoms with Gasteiger partial charge in [-0.15, -0.1) is 0 Å². The van der Waals surface area contributed by atoms with E-state index in [4.69, 9.17) is 28.0 Å². The monoisotopic (exact) mass is 513 g/mol. The molecule has 0 bridgehead atoms. The molecule has 0 unspecified atom stereocenters. The summed E-state index contributed by atoms with van der Waals surface area (Å²) in [6, 6.07) is 9.50. The highest BCUT2D eigenvalue weighted by Gasteiger charge is 2.34. The molecule has 0 saturated carbocycles. The molecule has 4 rings (SSSR count). The quantitative estimate of drug-likeness (QED) is 0.447. The van der Waals surface area contributed by atoms with Gasteiger partial charge in [0.1, 0.15) is 22.6 Å². The van der Waals surface area contributed by atoms with Crippen molar-refractivity contribution in [2.75, 3.05) is 12.3 Å². The highest BCUT2D eigenvalue weighted by atomic mass is 79.9. The van der Waals surface area contributed by atoms with Gasteiger partial charge in [-0.3, -0.25) is 18.4 Å². The minimum atomic E-state index is -4.67. The van der Waals surface area contributed by atoms with E-state index in [-0.39, 0.29) is 18.7 Å². The van der Waals surface area contributed by atoms with Crippen molar-refractivity contribution in [1.82, 2.24) is 19.3 Å². The highest BCUT2D eigenvalue weighted by Crippen LogP contribution is 2.35. The second-order valence-electron chi connectivity index (χ2n) is 6.63. The number of imidazole rings is 1. The number of fused-ring (bicyclic) bond motifs is 1. The summed E-state index contributed by atoms with van der Waals surface area (Å²) in [6.45, 7) is 0.900. The van der Waals surface area contributed by atoms with E-state index in [1.165, 1.54) is 0 Å². The van der Waals surface area contributed by atoms with Gasteiger partial charge < -0.3 is 10.5 Å². The molecule has 11 nitrogen and oxygen atoms in total. The second-order valence-corrected chi connectivity index (χ2v) is 8.28. The number of hydrogen-bond donors (Lipinski definition) is 3. The number of ether oxygens (including phenoxy) is 1. The summed E-state index contributed by atoms with van der Waals surface area (Å²) in [6.07, 6.45) is 4.84. The predicted molar refractivity (Wildman–Crippen MR) is 115 cm³/mol. The third kappa shape index (κ3) is 5.91. The average molecular weight is 514 g/mol. The molecule has 1 aliphatic heterocycles. The number of halogens is 1. The molecule has 0 spiro atoms. The lowest BCUT2D eigenvalue weighted by Crippen LogP contribution is -2.32. The van der Waals surface area contributed by atoms with Gasteiger partial charge in [0, 0.05) is 18.9 Å². The fraction of sp³-hybridized carbons (Fsp3) is 0.278. The van der Waals surface area contributed by atoms with E-state index in [0.29, 0.717) is 22.5 Å². The number of carbonyl (C=O) groups is 1. The Morgan fingerprint density at radius 1 is 1.29 bits per heavy atom. The SMILES string of the molecule is Nc1nccn2c([C@@H]3CCCN3C(=O)OCc3ccccc3)nc(Br)c12.O=S(=O)(O)O. The van der Waals surface area contributed by atoms with Crippen molar-refractivity contribution in [2.45, 2.75) is 25.5 Å². The van der Waals surface area contributed by atoms with Crippen LogP contribution in [-0.4, -0.2) is 49.4 Å². The number of anilines is 1. The number of hydrogen-bond acceptors (Lipinski definition) is 7. The summed E-state index contributed by atoms with van der Waals surface area (Å²) in [5.74, 6) is 1.16. The van der Waals surface area contributed by atoms with Crippen LogP contribution in [0.25, 0.3) is 5.52 Å². The molecule has 13 heteroatoms. The lowest BCUT2D eigenvalue weighted by Gasteiger charge is -2.23. The van der Waals surface area contributed by atoms with Gasteiger partial charge in [-0.25, -0.2) is 14.8 Å². The van der Waals surface area contributed by atoms with E-state index in [1.807, 2.05) is 40.9 Å². The Morgan fingerprint density at radius 2 is 1.97 bits per heavy atom. The normalized spacial score (nSPS) is 16.1. The van der Waals surface area contributed by atoms with E-state index in [1.54, 1.807) is 11.1 Å². The van der Waals surface area contributed by atoms with Crippen molar-refractivity contribution in [3.05, 3.63) is 58.7 Å². The molecule has 31 heavy (non-hydrogen) atoms. The van der Waals surface area contributed by atoms with Crippen LogP contribution in [0.2, 0.25) is 0 Å². The van der Waals surface area contributed by atoms with Gasteiger partial charge in [-0.2, -0.15) is 8.42 Å². The molecular formula is C18H20BrN5O6S. The van der Waals surface area contributed by atoms with Gasteiger partial charge in [-0.05, 0) is 34.3 Å². The Bertz CT molecular complexity index is 1160. The number of rotatable bonds is 3. The fourth-order valence-electron chi connectivity index (χ4n) is 3.33. The fourth-order valence-corrected chi connectivity index (χ4v) is 3.91. The topological polar surface area (TPSA) is 160 Å². The van der Waals surface area contributed by atoms with Crippen LogP contribution in [0.3, 0.4) is 0 Å². The Kier molecular flexibility index (Phi) is 7.10. The molecule has 0 radical (unpaired) electrons. The van der Waals surface area contributed by atoms with Gasteiger partial charge in [0.25, 0.3) is 0 Å². The van der Waals surface area contributed by atoms with Crippen LogP contribution in [0.4, 0.5) is 10.6 Å². The number of carbonyl (C=O) groups excluding carboxylic acids is 1. The second kappa shape index (κ2) is 9.60. The maximum Gasteiger partial charge on any atom is 0.410 e. The van der Waals surface area contributed by atoms with E-state index in [2.05, 4.69) is 25.9 Å². The number of likely N-dealkylation sites (tertiary alicyclic amines) is 1. The summed E-state index contributed by atoms with van der Waals surface area (Å²) in [5, 5.41) is 0. The Morgan fingerprint density at radius 3 is 2.65 bits per heavy atom. The smallest absolute Gasteiger partial charge is 0.410 e. The van der Waals surface area contributed by atoms with Crippen molar-refractivity contribution in [1.29, 1.82) is 0 Å². The largest absolute Gasteiger partial charge is 0.445 e. The average Bonchev–Trinajstić information content (AvgIpc) is 3.31. The van der Waals surface area contributed by atoms with Crippen LogP contribution in [0.5, 0.6) is 0 Å². The number of nitrogens with zero attached hydrogens (tertiary/aromatic N) is 4. The molecule has 1 aromatic carbocycles. The zero-order chi connectivity index (χ0) is 22.6. The molecule has 3 heterocycles. The first-order valence-electron chi connectivity index (χ1n) is 9.10. The van der Waals surface area contributed by atoms with Crippen molar-refractivity contribution in [3.8, 4) is 0 Å². The summed E-state index contributed by atoms with van der Waals surface area (Å²) in [7, 11) is -4.67. The molecular weight excluding hydrogens is 494 g/mol. The molecule has 1 fully saturated rings. The van der Waals surface area contributed by atoms with Gasteiger partial charge in [0.05, 0.1) is 6.04 Å². The molecule has 4 N–H and O–H groups in total. The number of nitrogen functional groups attached to an aromatic ring is 1. The maximum atomic E-state index is 12.6. The van der Waals surface area contributed by atoms with Crippen molar-refractivity contribution < 1.29 is 27.1 Å². The number of benzene rings is 1. The zero-order valence-electron chi connectivity index (χ0n) is 16.1. The minimum absolute atomic E-state index is 0.154.